The van der Waals surface area contributed by atoms with Crippen molar-refractivity contribution in [1.82, 2.24) is 19.5 Å². The SMILES string of the molecule is OC[C@H]1O[C@@H](n2cnc3c(NC4CCCCC4)ncnc32)[C@@H]2OC3(CCCCC3)O[C@@H]21. The number of imidazole rings is 1. The van der Waals surface area contributed by atoms with Gasteiger partial charge in [-0.3, -0.25) is 4.57 Å². The molecule has 2 aliphatic heterocycles. The molecular formula is C22H31N5O4. The number of fused-ring (bicyclic) bond motifs is 2. The van der Waals surface area contributed by atoms with Crippen LogP contribution in [0.15, 0.2) is 12.7 Å². The van der Waals surface area contributed by atoms with Crippen molar-refractivity contribution < 1.29 is 19.3 Å². The van der Waals surface area contributed by atoms with E-state index in [9.17, 15) is 5.11 Å². The van der Waals surface area contributed by atoms with E-state index in [4.69, 9.17) is 14.2 Å². The Morgan fingerprint density at radius 3 is 2.58 bits per heavy atom. The third kappa shape index (κ3) is 3.42. The molecule has 2 aromatic rings. The second-order valence-corrected chi connectivity index (χ2v) is 9.41. The van der Waals surface area contributed by atoms with Crippen LogP contribution in [-0.4, -0.2) is 61.4 Å². The summed E-state index contributed by atoms with van der Waals surface area (Å²) in [4.78, 5) is 13.6. The summed E-state index contributed by atoms with van der Waals surface area (Å²) in [6.45, 7) is -0.104. The standard InChI is InChI=1S/C22H31N5O4/c28-11-15-17-18(31-22(30-17)9-5-2-6-10-22)21(29-15)27-13-25-16-19(23-12-24-20(16)27)26-14-7-3-1-4-8-14/h12-15,17-18,21,28H,1-11H2,(H,23,24,26)/t15-,17-,18-,21-/m1/s1. The van der Waals surface area contributed by atoms with Gasteiger partial charge in [0.25, 0.3) is 0 Å². The van der Waals surface area contributed by atoms with Crippen LogP contribution in [0.1, 0.15) is 70.4 Å². The van der Waals surface area contributed by atoms with Crippen LogP contribution in [0.3, 0.4) is 0 Å². The molecule has 4 heterocycles. The molecule has 4 aliphatic rings. The number of rotatable bonds is 4. The summed E-state index contributed by atoms with van der Waals surface area (Å²) in [6, 6.07) is 0.431. The molecule has 9 nitrogen and oxygen atoms in total. The first-order valence-corrected chi connectivity index (χ1v) is 11.8. The number of nitrogens with zero attached hydrogens (tertiary/aromatic N) is 4. The molecule has 6 rings (SSSR count). The van der Waals surface area contributed by atoms with Gasteiger partial charge in [-0.15, -0.1) is 0 Å². The van der Waals surface area contributed by atoms with Gasteiger partial charge in [0.05, 0.1) is 12.9 Å². The van der Waals surface area contributed by atoms with E-state index in [0.717, 1.165) is 49.9 Å². The van der Waals surface area contributed by atoms with E-state index in [2.05, 4.69) is 20.3 Å². The van der Waals surface area contributed by atoms with Crippen molar-refractivity contribution in [2.45, 2.75) is 101 Å². The normalized spacial score (nSPS) is 33.2. The van der Waals surface area contributed by atoms with E-state index < -0.39 is 18.1 Å². The first kappa shape index (κ1) is 19.8. The number of hydrogen-bond donors (Lipinski definition) is 2. The molecule has 9 heteroatoms. The first-order chi connectivity index (χ1) is 15.3. The van der Waals surface area contributed by atoms with E-state index in [1.165, 1.54) is 25.7 Å². The first-order valence-electron chi connectivity index (χ1n) is 11.8. The molecule has 4 fully saturated rings. The molecule has 0 bridgehead atoms. The van der Waals surface area contributed by atoms with E-state index in [1.54, 1.807) is 12.7 Å². The lowest BCUT2D eigenvalue weighted by Gasteiger charge is -2.34. The highest BCUT2D eigenvalue weighted by atomic mass is 16.8. The van der Waals surface area contributed by atoms with Crippen LogP contribution >= 0.6 is 0 Å². The minimum absolute atomic E-state index is 0.104. The molecule has 1 spiro atoms. The molecule has 0 aromatic carbocycles. The average Bonchev–Trinajstić information content (AvgIpc) is 3.47. The monoisotopic (exact) mass is 429 g/mol. The summed E-state index contributed by atoms with van der Waals surface area (Å²) in [5, 5.41) is 13.5. The van der Waals surface area contributed by atoms with Crippen LogP contribution in [0.4, 0.5) is 5.82 Å². The van der Waals surface area contributed by atoms with Crippen LogP contribution in [0.2, 0.25) is 0 Å². The van der Waals surface area contributed by atoms with Gasteiger partial charge in [-0.1, -0.05) is 25.7 Å². The van der Waals surface area contributed by atoms with Gasteiger partial charge in [-0.2, -0.15) is 0 Å². The Labute approximate surface area is 181 Å². The summed E-state index contributed by atoms with van der Waals surface area (Å²) in [7, 11) is 0. The molecule has 0 unspecified atom stereocenters. The number of anilines is 1. The molecule has 31 heavy (non-hydrogen) atoms. The Bertz CT molecular complexity index is 924. The zero-order valence-electron chi connectivity index (χ0n) is 17.8. The minimum atomic E-state index is -0.540. The van der Waals surface area contributed by atoms with Gasteiger partial charge in [0, 0.05) is 18.9 Å². The van der Waals surface area contributed by atoms with E-state index >= 15 is 0 Å². The largest absolute Gasteiger partial charge is 0.394 e. The van der Waals surface area contributed by atoms with Crippen molar-refractivity contribution in [2.75, 3.05) is 11.9 Å². The third-order valence-corrected chi connectivity index (χ3v) is 7.36. The fraction of sp³-hybridized carbons (Fsp3) is 0.773. The van der Waals surface area contributed by atoms with Crippen LogP contribution in [-0.2, 0) is 14.2 Å². The molecule has 2 aliphatic carbocycles. The number of hydrogen-bond acceptors (Lipinski definition) is 8. The number of ether oxygens (including phenoxy) is 3. The van der Waals surface area contributed by atoms with Crippen LogP contribution in [0, 0.1) is 0 Å². The van der Waals surface area contributed by atoms with Crippen molar-refractivity contribution in [3.8, 4) is 0 Å². The van der Waals surface area contributed by atoms with E-state index in [1.807, 2.05) is 4.57 Å². The highest BCUT2D eigenvalue weighted by Gasteiger charge is 2.58. The maximum atomic E-state index is 9.93. The van der Waals surface area contributed by atoms with Crippen molar-refractivity contribution in [3.63, 3.8) is 0 Å². The molecule has 2 saturated heterocycles. The fourth-order valence-electron chi connectivity index (χ4n) is 5.78. The summed E-state index contributed by atoms with van der Waals surface area (Å²) in [5.74, 6) is 0.235. The highest BCUT2D eigenvalue weighted by molar-refractivity contribution is 5.82. The van der Waals surface area contributed by atoms with Gasteiger partial charge >= 0.3 is 0 Å². The average molecular weight is 430 g/mol. The lowest BCUT2D eigenvalue weighted by Crippen LogP contribution is -2.37. The molecular weight excluding hydrogens is 398 g/mol. The van der Waals surface area contributed by atoms with Gasteiger partial charge in [-0.25, -0.2) is 15.0 Å². The molecule has 4 atom stereocenters. The van der Waals surface area contributed by atoms with E-state index in [0.29, 0.717) is 11.7 Å². The Morgan fingerprint density at radius 1 is 1.00 bits per heavy atom. The van der Waals surface area contributed by atoms with Gasteiger partial charge < -0.3 is 24.6 Å². The van der Waals surface area contributed by atoms with Gasteiger partial charge in [0.15, 0.2) is 29.0 Å². The van der Waals surface area contributed by atoms with Gasteiger partial charge in [-0.05, 0) is 25.7 Å². The van der Waals surface area contributed by atoms with Crippen molar-refractivity contribution in [3.05, 3.63) is 12.7 Å². The third-order valence-electron chi connectivity index (χ3n) is 7.36. The van der Waals surface area contributed by atoms with Gasteiger partial charge in [0.1, 0.15) is 24.6 Å². The van der Waals surface area contributed by atoms with Crippen LogP contribution in [0.5, 0.6) is 0 Å². The minimum Gasteiger partial charge on any atom is -0.394 e. The summed E-state index contributed by atoms with van der Waals surface area (Å²) in [6.07, 6.45) is 13.2. The molecule has 2 saturated carbocycles. The Hall–Kier alpha value is -1.81. The molecule has 0 radical (unpaired) electrons. The van der Waals surface area contributed by atoms with Crippen molar-refractivity contribution in [2.24, 2.45) is 0 Å². The molecule has 168 valence electrons. The van der Waals surface area contributed by atoms with E-state index in [-0.39, 0.29) is 18.8 Å². The quantitative estimate of drug-likeness (QED) is 0.765. The summed E-state index contributed by atoms with van der Waals surface area (Å²) in [5.41, 5.74) is 1.45. The zero-order chi connectivity index (χ0) is 20.8. The molecule has 0 amide bonds. The number of aromatic nitrogens is 4. The zero-order valence-corrected chi connectivity index (χ0v) is 17.8. The number of nitrogens with one attached hydrogen (secondary N) is 1. The lowest BCUT2D eigenvalue weighted by atomic mass is 9.94. The predicted octanol–water partition coefficient (Wildman–Crippen LogP) is 2.91. The highest BCUT2D eigenvalue weighted by Crippen LogP contribution is 2.48. The predicted molar refractivity (Wildman–Crippen MR) is 112 cm³/mol. The molecule has 2 N–H and O–H groups in total. The second-order valence-electron chi connectivity index (χ2n) is 9.41. The maximum absolute atomic E-state index is 9.93. The number of aliphatic hydroxyl groups is 1. The van der Waals surface area contributed by atoms with Crippen molar-refractivity contribution in [1.29, 1.82) is 0 Å². The maximum Gasteiger partial charge on any atom is 0.169 e. The second kappa shape index (κ2) is 7.95. The smallest absolute Gasteiger partial charge is 0.169 e. The summed E-state index contributed by atoms with van der Waals surface area (Å²) >= 11 is 0. The molecule has 2 aromatic heterocycles. The van der Waals surface area contributed by atoms with Gasteiger partial charge in [0.2, 0.25) is 0 Å². The number of aliphatic hydroxyl groups excluding tert-OH is 1. The lowest BCUT2D eigenvalue weighted by molar-refractivity contribution is -0.232. The fourth-order valence-corrected chi connectivity index (χ4v) is 5.78. The Kier molecular flexibility index (Phi) is 5.09. The topological polar surface area (TPSA) is 104 Å². The summed E-state index contributed by atoms with van der Waals surface area (Å²) < 4.78 is 21.0. The Balaban J connectivity index is 1.30. The van der Waals surface area contributed by atoms with Crippen LogP contribution in [0.25, 0.3) is 11.2 Å². The van der Waals surface area contributed by atoms with Crippen LogP contribution < -0.4 is 5.32 Å². The Morgan fingerprint density at radius 2 is 1.77 bits per heavy atom. The van der Waals surface area contributed by atoms with Crippen molar-refractivity contribution >= 4 is 17.0 Å².